The Morgan fingerprint density at radius 1 is 1.24 bits per heavy atom. The summed E-state index contributed by atoms with van der Waals surface area (Å²) in [5, 5.41) is 0. The molecule has 0 atom stereocenters. The molecule has 1 aromatic rings. The van der Waals surface area contributed by atoms with E-state index in [0.717, 1.165) is 30.4 Å². The highest BCUT2D eigenvalue weighted by Crippen LogP contribution is 2.35. The van der Waals surface area contributed by atoms with Gasteiger partial charge in [0.25, 0.3) is 0 Å². The number of hydrogen-bond donors (Lipinski definition) is 1. The summed E-state index contributed by atoms with van der Waals surface area (Å²) in [6, 6.07) is 3.58. The van der Waals surface area contributed by atoms with Crippen molar-refractivity contribution in [2.24, 2.45) is 5.41 Å². The van der Waals surface area contributed by atoms with Crippen molar-refractivity contribution in [2.45, 2.75) is 31.6 Å². The Labute approximate surface area is 112 Å². The lowest BCUT2D eigenvalue weighted by Crippen LogP contribution is -2.24. The van der Waals surface area contributed by atoms with Gasteiger partial charge in [-0.3, -0.25) is 0 Å². The van der Waals surface area contributed by atoms with E-state index in [4.69, 9.17) is 0 Å². The highest BCUT2D eigenvalue weighted by Gasteiger charge is 2.25. The molecule has 0 saturated heterocycles. The Morgan fingerprint density at radius 3 is 2.41 bits per heavy atom. The van der Waals surface area contributed by atoms with Gasteiger partial charge in [-0.15, -0.1) is 11.8 Å². The van der Waals surface area contributed by atoms with Crippen LogP contribution in [0.5, 0.6) is 0 Å². The number of hydrogen-bond acceptors (Lipinski definition) is 2. The fourth-order valence-corrected chi connectivity index (χ4v) is 3.63. The Bertz CT molecular complexity index is 354. The van der Waals surface area contributed by atoms with Crippen molar-refractivity contribution in [3.63, 3.8) is 0 Å². The average Bonchev–Trinajstić information content (AvgIpc) is 2.35. The third-order valence-corrected chi connectivity index (χ3v) is 5.31. The zero-order valence-corrected chi connectivity index (χ0v) is 11.9. The van der Waals surface area contributed by atoms with Gasteiger partial charge in [-0.1, -0.05) is 13.8 Å². The molecule has 0 bridgehead atoms. The van der Waals surface area contributed by atoms with Crippen LogP contribution in [-0.2, 0) is 0 Å². The van der Waals surface area contributed by atoms with Crippen molar-refractivity contribution < 1.29 is 8.78 Å². The number of rotatable bonds is 6. The summed E-state index contributed by atoms with van der Waals surface area (Å²) >= 11 is 5.75. The predicted octanol–water partition coefficient (Wildman–Crippen LogP) is 4.79. The molecule has 0 unspecified atom stereocenters. The van der Waals surface area contributed by atoms with Crippen LogP contribution in [0.3, 0.4) is 0 Å². The van der Waals surface area contributed by atoms with E-state index < -0.39 is 5.82 Å². The molecule has 0 aromatic heterocycles. The average molecular weight is 276 g/mol. The molecule has 96 valence electrons. The topological polar surface area (TPSA) is 0 Å². The second kappa shape index (κ2) is 6.64. The zero-order valence-electron chi connectivity index (χ0n) is 10.2. The summed E-state index contributed by atoms with van der Waals surface area (Å²) in [6.45, 7) is 4.23. The van der Waals surface area contributed by atoms with Crippen molar-refractivity contribution in [1.82, 2.24) is 0 Å². The lowest BCUT2D eigenvalue weighted by Gasteiger charge is -2.29. The summed E-state index contributed by atoms with van der Waals surface area (Å²) in [5.41, 5.74) is 0.104. The fraction of sp³-hybridized carbons (Fsp3) is 0.538. The largest absolute Gasteiger partial charge is 0.207 e. The van der Waals surface area contributed by atoms with E-state index in [1.807, 2.05) is 0 Å². The normalized spacial score (nSPS) is 11.8. The first-order valence-electron chi connectivity index (χ1n) is 5.75. The van der Waals surface area contributed by atoms with Gasteiger partial charge in [0, 0.05) is 10.6 Å². The minimum absolute atomic E-state index is 0.104. The van der Waals surface area contributed by atoms with Crippen LogP contribution in [0.1, 0.15) is 26.7 Å². The van der Waals surface area contributed by atoms with Crippen molar-refractivity contribution >= 4 is 24.4 Å². The molecule has 1 aromatic carbocycles. The van der Waals surface area contributed by atoms with Crippen molar-refractivity contribution in [2.75, 3.05) is 11.5 Å². The number of halogens is 2. The lowest BCUT2D eigenvalue weighted by atomic mass is 9.87. The predicted molar refractivity (Wildman–Crippen MR) is 74.0 cm³/mol. The minimum atomic E-state index is -0.390. The molecule has 0 aliphatic heterocycles. The Balaban J connectivity index is 2.75. The first kappa shape index (κ1) is 14.8. The van der Waals surface area contributed by atoms with Crippen molar-refractivity contribution in [3.8, 4) is 0 Å². The molecule has 0 saturated carbocycles. The van der Waals surface area contributed by atoms with E-state index in [-0.39, 0.29) is 11.2 Å². The molecule has 0 fully saturated rings. The van der Waals surface area contributed by atoms with Gasteiger partial charge in [0.2, 0.25) is 0 Å². The van der Waals surface area contributed by atoms with Gasteiger partial charge in [-0.2, -0.15) is 12.6 Å². The molecular formula is C13H18F2S2. The molecular weight excluding hydrogens is 258 g/mol. The SMILES string of the molecule is CCC(CC)(CS)CSc1cc(F)ccc1F. The molecule has 0 spiro atoms. The van der Waals surface area contributed by atoms with E-state index in [9.17, 15) is 8.78 Å². The maximum absolute atomic E-state index is 13.5. The van der Waals surface area contributed by atoms with Crippen LogP contribution >= 0.6 is 24.4 Å². The van der Waals surface area contributed by atoms with Gasteiger partial charge < -0.3 is 0 Å². The second-order valence-electron chi connectivity index (χ2n) is 4.23. The van der Waals surface area contributed by atoms with E-state index in [0.29, 0.717) is 4.90 Å². The molecule has 0 aliphatic rings. The van der Waals surface area contributed by atoms with Crippen LogP contribution in [-0.4, -0.2) is 11.5 Å². The van der Waals surface area contributed by atoms with Gasteiger partial charge in [0.15, 0.2) is 0 Å². The highest BCUT2D eigenvalue weighted by molar-refractivity contribution is 7.99. The van der Waals surface area contributed by atoms with E-state index in [1.54, 1.807) is 0 Å². The Kier molecular flexibility index (Phi) is 5.80. The minimum Gasteiger partial charge on any atom is -0.207 e. The summed E-state index contributed by atoms with van der Waals surface area (Å²) < 4.78 is 26.5. The molecule has 4 heteroatoms. The lowest BCUT2D eigenvalue weighted by molar-refractivity contribution is 0.357. The van der Waals surface area contributed by atoms with Crippen LogP contribution in [0.15, 0.2) is 23.1 Å². The number of benzene rings is 1. The summed E-state index contributed by atoms with van der Waals surface area (Å²) in [6.07, 6.45) is 1.99. The van der Waals surface area contributed by atoms with Crippen molar-refractivity contribution in [3.05, 3.63) is 29.8 Å². The maximum atomic E-state index is 13.5. The molecule has 0 nitrogen and oxygen atoms in total. The molecule has 1 rings (SSSR count). The smallest absolute Gasteiger partial charge is 0.136 e. The molecule has 0 aliphatic carbocycles. The zero-order chi connectivity index (χ0) is 12.9. The Morgan fingerprint density at radius 2 is 1.88 bits per heavy atom. The maximum Gasteiger partial charge on any atom is 0.136 e. The van der Waals surface area contributed by atoms with E-state index in [1.165, 1.54) is 23.9 Å². The highest BCUT2D eigenvalue weighted by atomic mass is 32.2. The van der Waals surface area contributed by atoms with Crippen LogP contribution in [0.2, 0.25) is 0 Å². The quantitative estimate of drug-likeness (QED) is 0.575. The molecule has 0 amide bonds. The number of thioether (sulfide) groups is 1. The fourth-order valence-electron chi connectivity index (χ4n) is 1.54. The first-order valence-corrected chi connectivity index (χ1v) is 7.37. The van der Waals surface area contributed by atoms with E-state index in [2.05, 4.69) is 26.5 Å². The van der Waals surface area contributed by atoms with Gasteiger partial charge in [0.1, 0.15) is 11.6 Å². The van der Waals surface area contributed by atoms with Gasteiger partial charge in [0.05, 0.1) is 0 Å². The van der Waals surface area contributed by atoms with Gasteiger partial charge >= 0.3 is 0 Å². The van der Waals surface area contributed by atoms with Crippen molar-refractivity contribution in [1.29, 1.82) is 0 Å². The van der Waals surface area contributed by atoms with Gasteiger partial charge in [-0.05, 0) is 42.2 Å². The summed E-state index contributed by atoms with van der Waals surface area (Å²) in [5.74, 6) is 0.795. The van der Waals surface area contributed by atoms with Crippen LogP contribution in [0.25, 0.3) is 0 Å². The first-order chi connectivity index (χ1) is 8.06. The summed E-state index contributed by atoms with van der Waals surface area (Å²) in [4.78, 5) is 0.387. The summed E-state index contributed by atoms with van der Waals surface area (Å²) in [7, 11) is 0. The van der Waals surface area contributed by atoms with E-state index >= 15 is 0 Å². The molecule has 0 heterocycles. The molecule has 17 heavy (non-hydrogen) atoms. The van der Waals surface area contributed by atoms with Crippen LogP contribution < -0.4 is 0 Å². The van der Waals surface area contributed by atoms with Gasteiger partial charge in [-0.25, -0.2) is 8.78 Å². The Hall–Kier alpha value is -0.220. The third kappa shape index (κ3) is 3.88. The monoisotopic (exact) mass is 276 g/mol. The molecule has 0 N–H and O–H groups in total. The second-order valence-corrected chi connectivity index (χ2v) is 5.56. The molecule has 0 radical (unpaired) electrons. The number of thiol groups is 1. The standard InChI is InChI=1S/C13H18F2S2/c1-3-13(4-2,8-16)9-17-12-7-10(14)5-6-11(12)15/h5-7,16H,3-4,8-9H2,1-2H3. The van der Waals surface area contributed by atoms with Crippen LogP contribution in [0, 0.1) is 17.0 Å². The van der Waals surface area contributed by atoms with Crippen LogP contribution in [0.4, 0.5) is 8.78 Å². The third-order valence-electron chi connectivity index (χ3n) is 3.26.